The van der Waals surface area contributed by atoms with Crippen molar-refractivity contribution in [1.29, 1.82) is 0 Å². The number of aliphatic hydroxyl groups excluding tert-OH is 1. The second kappa shape index (κ2) is 9.86. The number of aromatic nitrogens is 6. The van der Waals surface area contributed by atoms with Gasteiger partial charge in [0.15, 0.2) is 5.65 Å². The maximum Gasteiger partial charge on any atom is 0.234 e. The standard InChI is InChI=1S/C26H26N8O/c1-18(13-19-7-6-8-20(14-19)16-35)30-25-27-12-11-23(32-25)33(2)26-31-22(21-9-4-3-5-10-21)15-24-28-17-29-34(24)26/h3-12,14-15,17-18,35H,13,16H2,1-2H3,(H,27,30,32)/t18-/m0/s1. The molecule has 0 fully saturated rings. The van der Waals surface area contributed by atoms with Gasteiger partial charge < -0.3 is 10.4 Å². The molecule has 0 saturated heterocycles. The normalized spacial score (nSPS) is 12.0. The number of fused-ring (bicyclic) bond motifs is 1. The molecule has 0 aliphatic carbocycles. The minimum Gasteiger partial charge on any atom is -0.392 e. The van der Waals surface area contributed by atoms with Gasteiger partial charge in [0.1, 0.15) is 12.1 Å². The third-order valence-electron chi connectivity index (χ3n) is 5.70. The number of aliphatic hydroxyl groups is 1. The van der Waals surface area contributed by atoms with Gasteiger partial charge in [0.05, 0.1) is 12.3 Å². The fraction of sp³-hybridized carbons (Fsp3) is 0.192. The monoisotopic (exact) mass is 466 g/mol. The number of hydrogen-bond donors (Lipinski definition) is 2. The van der Waals surface area contributed by atoms with Gasteiger partial charge >= 0.3 is 0 Å². The van der Waals surface area contributed by atoms with Crippen LogP contribution in [-0.4, -0.2) is 47.7 Å². The molecule has 0 radical (unpaired) electrons. The third-order valence-corrected chi connectivity index (χ3v) is 5.70. The van der Waals surface area contributed by atoms with E-state index in [1.165, 1.54) is 6.33 Å². The van der Waals surface area contributed by atoms with Crippen molar-refractivity contribution in [2.24, 2.45) is 0 Å². The Labute approximate surface area is 203 Å². The summed E-state index contributed by atoms with van der Waals surface area (Å²) in [5, 5.41) is 17.1. The Bertz CT molecular complexity index is 1440. The van der Waals surface area contributed by atoms with E-state index in [0.717, 1.165) is 28.8 Å². The van der Waals surface area contributed by atoms with Crippen LogP contribution in [0.3, 0.4) is 0 Å². The van der Waals surface area contributed by atoms with Crippen molar-refractivity contribution in [2.75, 3.05) is 17.3 Å². The van der Waals surface area contributed by atoms with Crippen molar-refractivity contribution in [3.63, 3.8) is 0 Å². The first kappa shape index (κ1) is 22.4. The fourth-order valence-electron chi connectivity index (χ4n) is 3.97. The predicted molar refractivity (Wildman–Crippen MR) is 135 cm³/mol. The Morgan fingerprint density at radius 1 is 0.971 bits per heavy atom. The van der Waals surface area contributed by atoms with Crippen molar-refractivity contribution in [3.05, 3.63) is 90.4 Å². The number of anilines is 3. The maximum absolute atomic E-state index is 9.39. The van der Waals surface area contributed by atoms with E-state index in [-0.39, 0.29) is 12.6 Å². The highest BCUT2D eigenvalue weighted by Gasteiger charge is 2.16. The summed E-state index contributed by atoms with van der Waals surface area (Å²) in [4.78, 5) is 20.2. The Balaban J connectivity index is 1.40. The zero-order chi connectivity index (χ0) is 24.2. The topological polar surface area (TPSA) is 104 Å². The van der Waals surface area contributed by atoms with Crippen LogP contribution >= 0.6 is 0 Å². The molecule has 0 aliphatic heterocycles. The lowest BCUT2D eigenvalue weighted by molar-refractivity contribution is 0.281. The lowest BCUT2D eigenvalue weighted by Gasteiger charge is -2.20. The number of benzene rings is 2. The van der Waals surface area contributed by atoms with E-state index in [0.29, 0.717) is 23.4 Å². The van der Waals surface area contributed by atoms with Crippen LogP contribution in [0.4, 0.5) is 17.7 Å². The SMILES string of the molecule is C[C@@H](Cc1cccc(CO)c1)Nc1nccc(N(C)c2nc(-c3ccccc3)cc3ncnn23)n1. The molecule has 3 aromatic heterocycles. The molecule has 3 heterocycles. The molecule has 0 aliphatic rings. The summed E-state index contributed by atoms with van der Waals surface area (Å²) in [5.41, 5.74) is 4.54. The summed E-state index contributed by atoms with van der Waals surface area (Å²) in [7, 11) is 1.90. The molecule has 176 valence electrons. The van der Waals surface area contributed by atoms with Gasteiger partial charge in [-0.1, -0.05) is 54.6 Å². The van der Waals surface area contributed by atoms with Crippen LogP contribution in [0.15, 0.2) is 79.3 Å². The molecule has 9 heteroatoms. The van der Waals surface area contributed by atoms with E-state index in [4.69, 9.17) is 9.97 Å². The molecule has 0 bridgehead atoms. The third kappa shape index (κ3) is 4.95. The molecule has 1 atom stereocenters. The minimum atomic E-state index is 0.0334. The Morgan fingerprint density at radius 2 is 1.80 bits per heavy atom. The van der Waals surface area contributed by atoms with Gasteiger partial charge in [0.25, 0.3) is 0 Å². The van der Waals surface area contributed by atoms with E-state index in [2.05, 4.69) is 33.4 Å². The molecular weight excluding hydrogens is 440 g/mol. The zero-order valence-corrected chi connectivity index (χ0v) is 19.6. The fourth-order valence-corrected chi connectivity index (χ4v) is 3.97. The molecule has 0 unspecified atom stereocenters. The summed E-state index contributed by atoms with van der Waals surface area (Å²) < 4.78 is 1.69. The van der Waals surface area contributed by atoms with Crippen molar-refractivity contribution in [2.45, 2.75) is 26.0 Å². The van der Waals surface area contributed by atoms with Gasteiger partial charge in [-0.15, -0.1) is 0 Å². The summed E-state index contributed by atoms with van der Waals surface area (Å²) in [6.07, 6.45) is 4.01. The van der Waals surface area contributed by atoms with E-state index >= 15 is 0 Å². The van der Waals surface area contributed by atoms with Crippen LogP contribution in [0.1, 0.15) is 18.1 Å². The van der Waals surface area contributed by atoms with Crippen molar-refractivity contribution in [1.82, 2.24) is 29.5 Å². The van der Waals surface area contributed by atoms with E-state index in [1.54, 1.807) is 10.7 Å². The summed E-state index contributed by atoms with van der Waals surface area (Å²) in [5.74, 6) is 1.79. The quantitative estimate of drug-likeness (QED) is 0.355. The van der Waals surface area contributed by atoms with Crippen molar-refractivity contribution < 1.29 is 5.11 Å². The number of rotatable bonds is 8. The largest absolute Gasteiger partial charge is 0.392 e. The smallest absolute Gasteiger partial charge is 0.234 e. The van der Waals surface area contributed by atoms with Crippen LogP contribution in [0.25, 0.3) is 16.9 Å². The van der Waals surface area contributed by atoms with Gasteiger partial charge in [-0.3, -0.25) is 4.90 Å². The van der Waals surface area contributed by atoms with Gasteiger partial charge in [0, 0.05) is 30.9 Å². The molecule has 5 aromatic rings. The maximum atomic E-state index is 9.39. The van der Waals surface area contributed by atoms with Crippen LogP contribution in [0.5, 0.6) is 0 Å². The highest BCUT2D eigenvalue weighted by atomic mass is 16.3. The number of nitrogens with zero attached hydrogens (tertiary/aromatic N) is 7. The summed E-state index contributed by atoms with van der Waals surface area (Å²) >= 11 is 0. The van der Waals surface area contributed by atoms with E-state index in [9.17, 15) is 5.11 Å². The molecule has 5 rings (SSSR count). The van der Waals surface area contributed by atoms with Crippen molar-refractivity contribution in [3.8, 4) is 11.3 Å². The van der Waals surface area contributed by atoms with E-state index < -0.39 is 0 Å². The van der Waals surface area contributed by atoms with Gasteiger partial charge in [-0.2, -0.15) is 14.6 Å². The first-order valence-corrected chi connectivity index (χ1v) is 11.4. The lowest BCUT2D eigenvalue weighted by atomic mass is 10.0. The highest BCUT2D eigenvalue weighted by molar-refractivity contribution is 5.67. The number of hydrogen-bond acceptors (Lipinski definition) is 8. The highest BCUT2D eigenvalue weighted by Crippen LogP contribution is 2.25. The summed E-state index contributed by atoms with van der Waals surface area (Å²) in [6, 6.07) is 21.8. The average Bonchev–Trinajstić information content (AvgIpc) is 3.37. The molecule has 2 N–H and O–H groups in total. The van der Waals surface area contributed by atoms with Gasteiger partial charge in [0.2, 0.25) is 11.9 Å². The van der Waals surface area contributed by atoms with Crippen molar-refractivity contribution >= 4 is 23.4 Å². The Kier molecular flexibility index (Phi) is 6.32. The van der Waals surface area contributed by atoms with Crippen LogP contribution in [-0.2, 0) is 13.0 Å². The first-order valence-electron chi connectivity index (χ1n) is 11.4. The first-order chi connectivity index (χ1) is 17.1. The second-order valence-electron chi connectivity index (χ2n) is 8.36. The van der Waals surface area contributed by atoms with Crippen LogP contribution < -0.4 is 10.2 Å². The zero-order valence-electron chi connectivity index (χ0n) is 19.6. The van der Waals surface area contributed by atoms with Crippen LogP contribution in [0.2, 0.25) is 0 Å². The summed E-state index contributed by atoms with van der Waals surface area (Å²) in [6.45, 7) is 2.11. The Hall–Kier alpha value is -4.37. The minimum absolute atomic E-state index is 0.0334. The molecule has 35 heavy (non-hydrogen) atoms. The molecule has 2 aromatic carbocycles. The van der Waals surface area contributed by atoms with Gasteiger partial charge in [-0.25, -0.2) is 15.0 Å². The molecule has 9 nitrogen and oxygen atoms in total. The molecule has 0 saturated carbocycles. The van der Waals surface area contributed by atoms with Crippen LogP contribution in [0, 0.1) is 0 Å². The number of nitrogens with one attached hydrogen (secondary N) is 1. The molecule has 0 amide bonds. The second-order valence-corrected chi connectivity index (χ2v) is 8.36. The van der Waals surface area contributed by atoms with E-state index in [1.807, 2.05) is 72.6 Å². The Morgan fingerprint density at radius 3 is 2.63 bits per heavy atom. The van der Waals surface area contributed by atoms with Gasteiger partial charge in [-0.05, 0) is 30.5 Å². The molecule has 0 spiro atoms. The predicted octanol–water partition coefficient (Wildman–Crippen LogP) is 3.88. The average molecular weight is 467 g/mol. The lowest BCUT2D eigenvalue weighted by Crippen LogP contribution is -2.22. The molecular formula is C26H26N8O.